The number of hydrogen-bond acceptors (Lipinski definition) is 7. The second-order valence-electron chi connectivity index (χ2n) is 8.74. The maximum absolute atomic E-state index is 13.5. The van der Waals surface area contributed by atoms with Crippen LogP contribution in [-0.4, -0.2) is 77.4 Å². The second-order valence-corrected chi connectivity index (χ2v) is 9.55. The second kappa shape index (κ2) is 10.0. The Balaban J connectivity index is 1.29. The van der Waals surface area contributed by atoms with Gasteiger partial charge in [-0.3, -0.25) is 4.90 Å². The summed E-state index contributed by atoms with van der Waals surface area (Å²) in [4.78, 5) is 43.0. The van der Waals surface area contributed by atoms with Crippen LogP contribution >= 0.6 is 23.2 Å². The van der Waals surface area contributed by atoms with Crippen LogP contribution < -0.4 is 4.74 Å². The highest BCUT2D eigenvalue weighted by Crippen LogP contribution is 2.32. The molecule has 0 bridgehead atoms. The summed E-state index contributed by atoms with van der Waals surface area (Å²) in [7, 11) is 0. The van der Waals surface area contributed by atoms with Gasteiger partial charge >= 0.3 is 23.9 Å². The van der Waals surface area contributed by atoms with E-state index in [2.05, 4.69) is 0 Å². The highest BCUT2D eigenvalue weighted by atomic mass is 35.5. The van der Waals surface area contributed by atoms with Gasteiger partial charge in [0.15, 0.2) is 0 Å². The minimum absolute atomic E-state index is 0.0177. The number of carbonyl (C=O) groups is 3. The molecule has 9 nitrogen and oxygen atoms in total. The Labute approximate surface area is 217 Å². The van der Waals surface area contributed by atoms with E-state index in [1.54, 1.807) is 23.1 Å². The van der Waals surface area contributed by atoms with Crippen LogP contribution in [0.4, 0.5) is 4.79 Å². The van der Waals surface area contributed by atoms with Crippen molar-refractivity contribution < 1.29 is 28.6 Å². The minimum Gasteiger partial charge on any atom is -0.487 e. The number of ether oxygens (including phenoxy) is 3. The quantitative estimate of drug-likeness (QED) is 0.559. The normalized spacial score (nSPS) is 19.9. The first-order valence-electron chi connectivity index (χ1n) is 11.4. The van der Waals surface area contributed by atoms with Crippen LogP contribution in [0.2, 0.25) is 10.0 Å². The van der Waals surface area contributed by atoms with E-state index in [1.807, 2.05) is 35.2 Å². The third-order valence-corrected chi connectivity index (χ3v) is 6.88. The third kappa shape index (κ3) is 5.13. The van der Waals surface area contributed by atoms with Crippen LogP contribution in [0, 0.1) is 0 Å². The standard InChI is InChI=1S/C25H23Cl2N3O6/c26-20-7-6-18(12-21(20)27)34-19-14-29(15-19)24(33)30-11-10-28(13-17-4-2-1-3-5-17)16-25(30)35-22(31)8-9-23(32)36-25/h1-9,12,19H,10-11,13-16H2. The van der Waals surface area contributed by atoms with Crippen LogP contribution in [-0.2, 0) is 25.6 Å². The van der Waals surface area contributed by atoms with Crippen molar-refractivity contribution in [3.8, 4) is 5.75 Å². The molecule has 2 aromatic carbocycles. The number of esters is 2. The summed E-state index contributed by atoms with van der Waals surface area (Å²) in [6.45, 7) is 1.86. The van der Waals surface area contributed by atoms with Gasteiger partial charge in [0.2, 0.25) is 0 Å². The van der Waals surface area contributed by atoms with E-state index >= 15 is 0 Å². The molecule has 0 saturated carbocycles. The number of carbonyl (C=O) groups excluding carboxylic acids is 3. The molecule has 2 fully saturated rings. The van der Waals surface area contributed by atoms with Crippen molar-refractivity contribution in [2.45, 2.75) is 18.6 Å². The maximum Gasteiger partial charge on any atom is 0.359 e. The Bertz CT molecular complexity index is 1180. The molecular weight excluding hydrogens is 509 g/mol. The zero-order valence-electron chi connectivity index (χ0n) is 19.1. The molecule has 2 amide bonds. The number of halogens is 2. The summed E-state index contributed by atoms with van der Waals surface area (Å²) >= 11 is 12.0. The number of piperazine rings is 1. The summed E-state index contributed by atoms with van der Waals surface area (Å²) in [6, 6.07) is 14.3. The lowest BCUT2D eigenvalue weighted by Crippen LogP contribution is -2.71. The van der Waals surface area contributed by atoms with Gasteiger partial charge < -0.3 is 19.1 Å². The van der Waals surface area contributed by atoms with Gasteiger partial charge in [0.1, 0.15) is 11.9 Å². The third-order valence-electron chi connectivity index (χ3n) is 6.14. The largest absolute Gasteiger partial charge is 0.487 e. The number of likely N-dealkylation sites (tertiary alicyclic amines) is 1. The van der Waals surface area contributed by atoms with Crippen LogP contribution in [0.15, 0.2) is 60.7 Å². The lowest BCUT2D eigenvalue weighted by Gasteiger charge is -2.50. The van der Waals surface area contributed by atoms with Crippen LogP contribution in [0.3, 0.4) is 0 Å². The molecule has 36 heavy (non-hydrogen) atoms. The predicted molar refractivity (Wildman–Crippen MR) is 130 cm³/mol. The Kier molecular flexibility index (Phi) is 6.79. The Morgan fingerprint density at radius 2 is 1.67 bits per heavy atom. The number of hydrogen-bond donors (Lipinski definition) is 0. The van der Waals surface area contributed by atoms with E-state index in [-0.39, 0.29) is 19.2 Å². The first kappa shape index (κ1) is 24.4. The fourth-order valence-electron chi connectivity index (χ4n) is 4.37. The van der Waals surface area contributed by atoms with Crippen molar-refractivity contribution in [3.63, 3.8) is 0 Å². The average Bonchev–Trinajstić information content (AvgIpc) is 2.96. The van der Waals surface area contributed by atoms with Gasteiger partial charge in [0.05, 0.1) is 29.7 Å². The fourth-order valence-corrected chi connectivity index (χ4v) is 4.66. The molecule has 2 aromatic rings. The lowest BCUT2D eigenvalue weighted by molar-refractivity contribution is -0.288. The van der Waals surface area contributed by atoms with Gasteiger partial charge in [-0.15, -0.1) is 0 Å². The Morgan fingerprint density at radius 3 is 2.33 bits per heavy atom. The molecule has 3 heterocycles. The molecule has 0 atom stereocenters. The fraction of sp³-hybridized carbons (Fsp3) is 0.320. The predicted octanol–water partition coefficient (Wildman–Crippen LogP) is 3.30. The molecule has 0 radical (unpaired) electrons. The monoisotopic (exact) mass is 531 g/mol. The van der Waals surface area contributed by atoms with E-state index in [0.717, 1.165) is 17.7 Å². The van der Waals surface area contributed by atoms with E-state index in [9.17, 15) is 14.4 Å². The highest BCUT2D eigenvalue weighted by molar-refractivity contribution is 6.42. The molecule has 0 aromatic heterocycles. The van der Waals surface area contributed by atoms with Gasteiger partial charge in [0, 0.05) is 37.9 Å². The van der Waals surface area contributed by atoms with E-state index in [4.69, 9.17) is 37.4 Å². The topological polar surface area (TPSA) is 88.6 Å². The molecule has 11 heteroatoms. The maximum atomic E-state index is 13.5. The number of amides is 2. The van der Waals surface area contributed by atoms with E-state index in [0.29, 0.717) is 42.0 Å². The van der Waals surface area contributed by atoms with Gasteiger partial charge in [-0.2, -0.15) is 0 Å². The van der Waals surface area contributed by atoms with Gasteiger partial charge in [-0.25, -0.2) is 19.3 Å². The van der Waals surface area contributed by atoms with Crippen LogP contribution in [0.25, 0.3) is 0 Å². The molecule has 3 aliphatic heterocycles. The molecule has 1 spiro atoms. The van der Waals surface area contributed by atoms with Gasteiger partial charge in [-0.05, 0) is 17.7 Å². The Hall–Kier alpha value is -3.27. The first-order chi connectivity index (χ1) is 17.3. The molecule has 0 unspecified atom stereocenters. The summed E-state index contributed by atoms with van der Waals surface area (Å²) < 4.78 is 17.1. The average molecular weight is 532 g/mol. The summed E-state index contributed by atoms with van der Waals surface area (Å²) in [5.41, 5.74) is 1.04. The molecule has 0 aliphatic carbocycles. The van der Waals surface area contributed by atoms with Crippen molar-refractivity contribution in [2.75, 3.05) is 32.7 Å². The van der Waals surface area contributed by atoms with Crippen LogP contribution in [0.1, 0.15) is 5.56 Å². The summed E-state index contributed by atoms with van der Waals surface area (Å²) in [6.07, 6.45) is 1.75. The summed E-state index contributed by atoms with van der Waals surface area (Å²) in [5, 5.41) is 0.801. The molecule has 3 aliphatic rings. The van der Waals surface area contributed by atoms with E-state index in [1.165, 1.54) is 4.90 Å². The first-order valence-corrected chi connectivity index (χ1v) is 12.2. The number of nitrogens with zero attached hydrogens (tertiary/aromatic N) is 3. The number of benzene rings is 2. The Morgan fingerprint density at radius 1 is 0.972 bits per heavy atom. The molecule has 5 rings (SSSR count). The molecular formula is C25H23Cl2N3O6. The highest BCUT2D eigenvalue weighted by Gasteiger charge is 2.54. The SMILES string of the molecule is O=C1C=CC(=O)OC2(CN(Cc3ccccc3)CCN2C(=O)N2CC(Oc3ccc(Cl)c(Cl)c3)C2)O1. The van der Waals surface area contributed by atoms with Crippen LogP contribution in [0.5, 0.6) is 5.75 Å². The van der Waals surface area contributed by atoms with Crippen molar-refractivity contribution in [2.24, 2.45) is 0 Å². The molecule has 2 saturated heterocycles. The van der Waals surface area contributed by atoms with Crippen molar-refractivity contribution in [3.05, 3.63) is 76.3 Å². The van der Waals surface area contributed by atoms with Crippen molar-refractivity contribution in [1.29, 1.82) is 0 Å². The lowest BCUT2D eigenvalue weighted by atomic mass is 10.1. The van der Waals surface area contributed by atoms with Gasteiger partial charge in [-0.1, -0.05) is 53.5 Å². The molecule has 0 N–H and O–H groups in total. The minimum atomic E-state index is -1.88. The number of rotatable bonds is 4. The summed E-state index contributed by atoms with van der Waals surface area (Å²) in [5.74, 6) is -2.85. The zero-order chi connectivity index (χ0) is 25.3. The van der Waals surface area contributed by atoms with E-state index < -0.39 is 23.9 Å². The smallest absolute Gasteiger partial charge is 0.359 e. The molecule has 188 valence electrons. The number of urea groups is 1. The van der Waals surface area contributed by atoms with Crippen molar-refractivity contribution >= 4 is 41.2 Å². The van der Waals surface area contributed by atoms with Crippen molar-refractivity contribution in [1.82, 2.24) is 14.7 Å². The van der Waals surface area contributed by atoms with Gasteiger partial charge in [0.25, 0.3) is 0 Å². The zero-order valence-corrected chi connectivity index (χ0v) is 20.7.